The van der Waals surface area contributed by atoms with Crippen LogP contribution in [0.4, 0.5) is 5.82 Å². The zero-order valence-corrected chi connectivity index (χ0v) is 15.0. The molecule has 0 aromatic carbocycles. The van der Waals surface area contributed by atoms with Gasteiger partial charge in [0, 0.05) is 51.1 Å². The molecular formula is C20H23N5O. The summed E-state index contributed by atoms with van der Waals surface area (Å²) in [5.41, 5.74) is 3.60. The van der Waals surface area contributed by atoms with Crippen molar-refractivity contribution in [1.82, 2.24) is 19.9 Å². The molecule has 1 aliphatic heterocycles. The summed E-state index contributed by atoms with van der Waals surface area (Å²) in [5, 5.41) is 0. The first kappa shape index (κ1) is 16.7. The Balaban J connectivity index is 1.50. The van der Waals surface area contributed by atoms with E-state index < -0.39 is 0 Å². The minimum atomic E-state index is 0.785. The number of furan rings is 1. The minimum Gasteiger partial charge on any atom is -0.468 e. The van der Waals surface area contributed by atoms with Crippen LogP contribution in [-0.2, 0) is 25.9 Å². The van der Waals surface area contributed by atoms with Gasteiger partial charge in [-0.15, -0.1) is 0 Å². The first-order chi connectivity index (χ1) is 12.8. The van der Waals surface area contributed by atoms with Gasteiger partial charge in [-0.25, -0.2) is 9.97 Å². The smallest absolute Gasteiger partial charge is 0.135 e. The molecule has 0 amide bonds. The summed E-state index contributed by atoms with van der Waals surface area (Å²) in [6, 6.07) is 8.04. The molecule has 0 unspecified atom stereocenters. The molecule has 0 spiro atoms. The highest BCUT2D eigenvalue weighted by Gasteiger charge is 2.21. The highest BCUT2D eigenvalue weighted by atomic mass is 16.3. The van der Waals surface area contributed by atoms with Gasteiger partial charge in [-0.1, -0.05) is 6.07 Å². The lowest BCUT2D eigenvalue weighted by molar-refractivity contribution is 0.255. The predicted octanol–water partition coefficient (Wildman–Crippen LogP) is 2.70. The van der Waals surface area contributed by atoms with E-state index in [9.17, 15) is 0 Å². The zero-order chi connectivity index (χ0) is 17.8. The van der Waals surface area contributed by atoms with Gasteiger partial charge in [0.15, 0.2) is 0 Å². The van der Waals surface area contributed by atoms with Crippen molar-refractivity contribution in [1.29, 1.82) is 0 Å². The Morgan fingerprint density at radius 1 is 1.15 bits per heavy atom. The summed E-state index contributed by atoms with van der Waals surface area (Å²) in [6.07, 6.45) is 9.01. The van der Waals surface area contributed by atoms with E-state index in [-0.39, 0.29) is 0 Å². The molecule has 0 fully saturated rings. The third-order valence-corrected chi connectivity index (χ3v) is 4.82. The number of pyridine rings is 1. The molecule has 4 heterocycles. The molecule has 6 nitrogen and oxygen atoms in total. The maximum Gasteiger partial charge on any atom is 0.135 e. The zero-order valence-electron chi connectivity index (χ0n) is 15.0. The summed E-state index contributed by atoms with van der Waals surface area (Å²) in [7, 11) is 2.08. The van der Waals surface area contributed by atoms with E-state index >= 15 is 0 Å². The maximum atomic E-state index is 5.50. The topological polar surface area (TPSA) is 58.3 Å². The molecule has 0 radical (unpaired) electrons. The minimum absolute atomic E-state index is 0.785. The van der Waals surface area contributed by atoms with Gasteiger partial charge in [-0.2, -0.15) is 0 Å². The first-order valence-corrected chi connectivity index (χ1v) is 8.97. The highest BCUT2D eigenvalue weighted by molar-refractivity contribution is 5.49. The third-order valence-electron chi connectivity index (χ3n) is 4.82. The second kappa shape index (κ2) is 7.66. The van der Waals surface area contributed by atoms with E-state index in [1.165, 1.54) is 11.1 Å². The van der Waals surface area contributed by atoms with Crippen LogP contribution in [0.3, 0.4) is 0 Å². The molecule has 4 rings (SSSR count). The van der Waals surface area contributed by atoms with E-state index in [2.05, 4.69) is 37.9 Å². The second-order valence-electron chi connectivity index (χ2n) is 6.70. The summed E-state index contributed by atoms with van der Waals surface area (Å²) >= 11 is 0. The second-order valence-corrected chi connectivity index (χ2v) is 6.70. The highest BCUT2D eigenvalue weighted by Crippen LogP contribution is 2.24. The van der Waals surface area contributed by atoms with Crippen molar-refractivity contribution in [2.24, 2.45) is 0 Å². The van der Waals surface area contributed by atoms with Crippen LogP contribution in [0.2, 0.25) is 0 Å². The molecule has 6 heteroatoms. The van der Waals surface area contributed by atoms with Crippen LogP contribution in [-0.4, -0.2) is 40.0 Å². The van der Waals surface area contributed by atoms with Gasteiger partial charge in [0.05, 0.1) is 18.5 Å². The summed E-state index contributed by atoms with van der Waals surface area (Å²) in [6.45, 7) is 3.59. The first-order valence-electron chi connectivity index (χ1n) is 8.97. The average molecular weight is 349 g/mol. The van der Waals surface area contributed by atoms with Crippen LogP contribution < -0.4 is 4.90 Å². The molecular weight excluding hydrogens is 326 g/mol. The fraction of sp³-hybridized carbons (Fsp3) is 0.350. The molecule has 0 N–H and O–H groups in total. The number of nitrogens with zero attached hydrogens (tertiary/aromatic N) is 5. The van der Waals surface area contributed by atoms with Crippen molar-refractivity contribution in [3.05, 3.63) is 71.8 Å². The van der Waals surface area contributed by atoms with Gasteiger partial charge >= 0.3 is 0 Å². The normalized spacial score (nSPS) is 14.7. The van der Waals surface area contributed by atoms with E-state index in [1.807, 2.05) is 24.4 Å². The van der Waals surface area contributed by atoms with Gasteiger partial charge in [-0.3, -0.25) is 9.88 Å². The lowest BCUT2D eigenvalue weighted by Crippen LogP contribution is -2.26. The number of anilines is 1. The van der Waals surface area contributed by atoms with E-state index in [0.717, 1.165) is 56.3 Å². The van der Waals surface area contributed by atoms with Crippen LogP contribution in [0.1, 0.15) is 22.6 Å². The van der Waals surface area contributed by atoms with Crippen molar-refractivity contribution < 1.29 is 4.42 Å². The van der Waals surface area contributed by atoms with Gasteiger partial charge < -0.3 is 9.32 Å². The molecule has 0 saturated carbocycles. The molecule has 0 aliphatic carbocycles. The van der Waals surface area contributed by atoms with Crippen molar-refractivity contribution in [3.63, 3.8) is 0 Å². The fourth-order valence-corrected chi connectivity index (χ4v) is 3.51. The number of fused-ring (bicyclic) bond motifs is 1. The molecule has 0 saturated heterocycles. The SMILES string of the molecule is CN(Cc1cccnc1)c1ncnc2c1CCN(Cc1ccco1)CC2. The predicted molar refractivity (Wildman–Crippen MR) is 99.8 cm³/mol. The third kappa shape index (κ3) is 3.75. The maximum absolute atomic E-state index is 5.50. The van der Waals surface area contributed by atoms with E-state index in [1.54, 1.807) is 18.8 Å². The largest absolute Gasteiger partial charge is 0.468 e. The van der Waals surface area contributed by atoms with Gasteiger partial charge in [0.25, 0.3) is 0 Å². The van der Waals surface area contributed by atoms with E-state index in [0.29, 0.717) is 0 Å². The summed E-state index contributed by atoms with van der Waals surface area (Å²) in [4.78, 5) is 18.0. The molecule has 26 heavy (non-hydrogen) atoms. The Bertz CT molecular complexity index is 835. The van der Waals surface area contributed by atoms with Crippen LogP contribution in [0.15, 0.2) is 53.7 Å². The van der Waals surface area contributed by atoms with Crippen LogP contribution in [0.25, 0.3) is 0 Å². The van der Waals surface area contributed by atoms with Crippen LogP contribution in [0, 0.1) is 0 Å². The van der Waals surface area contributed by atoms with Crippen molar-refractivity contribution in [2.45, 2.75) is 25.9 Å². The molecule has 0 bridgehead atoms. The summed E-state index contributed by atoms with van der Waals surface area (Å²) in [5.74, 6) is 2.04. The van der Waals surface area contributed by atoms with Crippen molar-refractivity contribution >= 4 is 5.82 Å². The van der Waals surface area contributed by atoms with Gasteiger partial charge in [0.2, 0.25) is 0 Å². The lowest BCUT2D eigenvalue weighted by Gasteiger charge is -2.22. The molecule has 3 aromatic rings. The van der Waals surface area contributed by atoms with E-state index in [4.69, 9.17) is 4.42 Å². The molecule has 134 valence electrons. The average Bonchev–Trinajstić information content (AvgIpc) is 3.09. The van der Waals surface area contributed by atoms with Crippen molar-refractivity contribution in [2.75, 3.05) is 25.0 Å². The Morgan fingerprint density at radius 2 is 2.08 bits per heavy atom. The number of aromatic nitrogens is 3. The van der Waals surface area contributed by atoms with Gasteiger partial charge in [-0.05, 0) is 30.2 Å². The number of hydrogen-bond acceptors (Lipinski definition) is 6. The molecule has 0 atom stereocenters. The number of rotatable bonds is 5. The molecule has 1 aliphatic rings. The van der Waals surface area contributed by atoms with Crippen LogP contribution in [0.5, 0.6) is 0 Å². The Morgan fingerprint density at radius 3 is 2.88 bits per heavy atom. The quantitative estimate of drug-likeness (QED) is 0.706. The Kier molecular flexibility index (Phi) is 4.93. The summed E-state index contributed by atoms with van der Waals surface area (Å²) < 4.78 is 5.50. The monoisotopic (exact) mass is 349 g/mol. The fourth-order valence-electron chi connectivity index (χ4n) is 3.51. The Hall–Kier alpha value is -2.73. The van der Waals surface area contributed by atoms with Crippen molar-refractivity contribution in [3.8, 4) is 0 Å². The van der Waals surface area contributed by atoms with Crippen LogP contribution >= 0.6 is 0 Å². The number of hydrogen-bond donors (Lipinski definition) is 0. The standard InChI is InChI=1S/C20H23N5O/c1-24(13-16-4-2-8-21-12-16)20-18-6-9-25(14-17-5-3-11-26-17)10-7-19(18)22-15-23-20/h2-5,8,11-12,15H,6-7,9-10,13-14H2,1H3. The Labute approximate surface area is 153 Å². The van der Waals surface area contributed by atoms with Gasteiger partial charge in [0.1, 0.15) is 17.9 Å². The molecule has 3 aromatic heterocycles. The lowest BCUT2D eigenvalue weighted by atomic mass is 10.1.